The number of carbonyl (C=O) groups is 1. The number of benzene rings is 5. The van der Waals surface area contributed by atoms with Crippen molar-refractivity contribution in [3.05, 3.63) is 104 Å². The number of carboxylic acids is 1. The fourth-order valence-electron chi connectivity index (χ4n) is 5.23. The normalized spacial score (nSPS) is 13.3. The molecular weight excluding hydrogens is 982 g/mol. The van der Waals surface area contributed by atoms with E-state index in [0.29, 0.717) is 18.6 Å². The lowest BCUT2D eigenvalue weighted by molar-refractivity contribution is -0.138. The van der Waals surface area contributed by atoms with Crippen LogP contribution in [0.2, 0.25) is 0 Å². The second-order valence-electron chi connectivity index (χ2n) is 10.2. The number of rotatable bonds is 5. The molecule has 0 bridgehead atoms. The van der Waals surface area contributed by atoms with Crippen molar-refractivity contribution in [2.45, 2.75) is 38.1 Å². The molecule has 1 aliphatic rings. The van der Waals surface area contributed by atoms with E-state index in [0.717, 1.165) is 12.7 Å². The zero-order valence-corrected chi connectivity index (χ0v) is 31.0. The molecule has 0 aromatic heterocycles. The molecule has 5 aromatic carbocycles. The highest BCUT2D eigenvalue weighted by molar-refractivity contribution is 14.1. The number of halogens is 4. The standard InChI is InChI=1S/C18H16.C15H11I4NO4/c1-3-7-15-13(5-1)9-11-18-16-8-4-2-6-14(16)10-12-17(15)18;16-8-4-7(5-9(17)13(8)21)24-14-10(18)1-6(2-11(14)19)3-12(20)15(22)23/h1,3,5,7,9-12H,2,4,6,8H2;1-2,4-5,12,21H,3,20H2,(H,22,23). The highest BCUT2D eigenvalue weighted by Crippen LogP contribution is 2.37. The maximum Gasteiger partial charge on any atom is 0.320 e. The van der Waals surface area contributed by atoms with Gasteiger partial charge in [0.25, 0.3) is 0 Å². The Hall–Kier alpha value is -1.43. The van der Waals surface area contributed by atoms with Crippen molar-refractivity contribution in [1.82, 2.24) is 0 Å². The van der Waals surface area contributed by atoms with Gasteiger partial charge in [-0.15, -0.1) is 0 Å². The first kappa shape index (κ1) is 32.0. The molecule has 42 heavy (non-hydrogen) atoms. The van der Waals surface area contributed by atoms with Crippen molar-refractivity contribution in [2.24, 2.45) is 5.73 Å². The number of carboxylic acid groups (broad SMARTS) is 1. The second kappa shape index (κ2) is 14.1. The number of phenols is 1. The van der Waals surface area contributed by atoms with E-state index in [4.69, 9.17) is 15.6 Å². The fourth-order valence-corrected chi connectivity index (χ4v) is 9.06. The lowest BCUT2D eigenvalue weighted by Gasteiger charge is -2.18. The van der Waals surface area contributed by atoms with Gasteiger partial charge in [0.2, 0.25) is 0 Å². The predicted molar refractivity (Wildman–Crippen MR) is 203 cm³/mol. The molecule has 6 rings (SSSR count). The van der Waals surface area contributed by atoms with Crippen LogP contribution in [0.25, 0.3) is 21.5 Å². The summed E-state index contributed by atoms with van der Waals surface area (Å²) in [6, 6.07) is 24.3. The molecule has 0 amide bonds. The van der Waals surface area contributed by atoms with Gasteiger partial charge < -0.3 is 20.7 Å². The first-order chi connectivity index (χ1) is 20.1. The third-order valence-electron chi connectivity index (χ3n) is 7.30. The van der Waals surface area contributed by atoms with Crippen LogP contribution in [-0.4, -0.2) is 22.2 Å². The number of ether oxygens (including phenoxy) is 1. The number of hydrogen-bond acceptors (Lipinski definition) is 4. The molecule has 9 heteroatoms. The second-order valence-corrected chi connectivity index (χ2v) is 14.8. The van der Waals surface area contributed by atoms with Gasteiger partial charge in [-0.3, -0.25) is 4.79 Å². The Morgan fingerprint density at radius 1 is 0.810 bits per heavy atom. The van der Waals surface area contributed by atoms with Crippen LogP contribution in [0.5, 0.6) is 17.2 Å². The topological polar surface area (TPSA) is 92.8 Å². The van der Waals surface area contributed by atoms with Crippen LogP contribution >= 0.6 is 90.4 Å². The van der Waals surface area contributed by atoms with E-state index >= 15 is 0 Å². The van der Waals surface area contributed by atoms with Crippen molar-refractivity contribution >= 4 is 118 Å². The third-order valence-corrected chi connectivity index (χ3v) is 10.5. The van der Waals surface area contributed by atoms with Crippen LogP contribution in [0, 0.1) is 14.3 Å². The summed E-state index contributed by atoms with van der Waals surface area (Å²) in [5.74, 6) is 0.549. The van der Waals surface area contributed by atoms with Gasteiger partial charge in [-0.05, 0) is 185 Å². The van der Waals surface area contributed by atoms with E-state index in [2.05, 4.69) is 139 Å². The van der Waals surface area contributed by atoms with Gasteiger partial charge in [0.1, 0.15) is 17.5 Å². The van der Waals surface area contributed by atoms with Gasteiger partial charge in [0.15, 0.2) is 5.75 Å². The summed E-state index contributed by atoms with van der Waals surface area (Å²) in [6.07, 6.45) is 5.48. The number of aliphatic carboxylic acids is 1. The number of hydrogen-bond donors (Lipinski definition) is 3. The van der Waals surface area contributed by atoms with Gasteiger partial charge in [-0.2, -0.15) is 0 Å². The molecule has 5 aromatic rings. The Morgan fingerprint density at radius 2 is 1.45 bits per heavy atom. The molecule has 0 saturated heterocycles. The summed E-state index contributed by atoms with van der Waals surface area (Å²) in [6.45, 7) is 0. The molecule has 1 unspecified atom stereocenters. The molecular formula is C33H27I4NO4. The summed E-state index contributed by atoms with van der Waals surface area (Å²) >= 11 is 8.42. The largest absolute Gasteiger partial charge is 0.506 e. The quantitative estimate of drug-likeness (QED) is 0.121. The zero-order valence-electron chi connectivity index (χ0n) is 22.3. The maximum atomic E-state index is 10.9. The van der Waals surface area contributed by atoms with Crippen LogP contribution < -0.4 is 10.5 Å². The van der Waals surface area contributed by atoms with Gasteiger partial charge in [0, 0.05) is 0 Å². The van der Waals surface area contributed by atoms with E-state index < -0.39 is 12.0 Å². The van der Waals surface area contributed by atoms with E-state index in [1.165, 1.54) is 47.2 Å². The van der Waals surface area contributed by atoms with Gasteiger partial charge in [-0.1, -0.05) is 48.5 Å². The highest BCUT2D eigenvalue weighted by atomic mass is 127. The molecule has 5 nitrogen and oxygen atoms in total. The van der Waals surface area contributed by atoms with Crippen molar-refractivity contribution < 1.29 is 19.7 Å². The Balaban J connectivity index is 0.000000174. The fraction of sp³-hybridized carbons (Fsp3) is 0.182. The molecule has 0 heterocycles. The molecule has 4 N–H and O–H groups in total. The van der Waals surface area contributed by atoms with Crippen LogP contribution in [0.15, 0.2) is 72.8 Å². The Bertz CT molecular complexity index is 1760. The summed E-state index contributed by atoms with van der Waals surface area (Å²) in [4.78, 5) is 10.9. The number of aromatic hydroxyl groups is 1. The molecule has 0 radical (unpaired) electrons. The van der Waals surface area contributed by atoms with E-state index in [1.807, 2.05) is 12.1 Å². The van der Waals surface area contributed by atoms with Crippen molar-refractivity contribution in [1.29, 1.82) is 0 Å². The molecule has 216 valence electrons. The van der Waals surface area contributed by atoms with E-state index in [9.17, 15) is 9.90 Å². The van der Waals surface area contributed by atoms with Gasteiger partial charge in [-0.25, -0.2) is 0 Å². The van der Waals surface area contributed by atoms with Crippen molar-refractivity contribution in [3.8, 4) is 17.2 Å². The van der Waals surface area contributed by atoms with E-state index in [-0.39, 0.29) is 12.2 Å². The number of phenolic OH excluding ortho intramolecular Hbond substituents is 1. The van der Waals surface area contributed by atoms with Gasteiger partial charge >= 0.3 is 5.97 Å². The summed E-state index contributed by atoms with van der Waals surface area (Å²) in [5.41, 5.74) is 9.62. The Kier molecular flexibility index (Phi) is 10.7. The summed E-state index contributed by atoms with van der Waals surface area (Å²) < 4.78 is 9.14. The Morgan fingerprint density at radius 3 is 2.14 bits per heavy atom. The lowest BCUT2D eigenvalue weighted by atomic mass is 9.86. The molecule has 0 fully saturated rings. The van der Waals surface area contributed by atoms with Crippen molar-refractivity contribution in [3.63, 3.8) is 0 Å². The average molecular weight is 1010 g/mol. The zero-order chi connectivity index (χ0) is 30.0. The minimum Gasteiger partial charge on any atom is -0.506 e. The predicted octanol–water partition coefficient (Wildman–Crippen LogP) is 9.43. The first-order valence-corrected chi connectivity index (χ1v) is 17.7. The summed E-state index contributed by atoms with van der Waals surface area (Å²) in [7, 11) is 0. The van der Waals surface area contributed by atoms with Crippen molar-refractivity contribution in [2.75, 3.05) is 0 Å². The molecule has 1 aliphatic carbocycles. The monoisotopic (exact) mass is 1010 g/mol. The molecule has 0 saturated carbocycles. The molecule has 0 spiro atoms. The molecule has 1 atom stereocenters. The van der Waals surface area contributed by atoms with Crippen LogP contribution in [0.1, 0.15) is 29.5 Å². The smallest absolute Gasteiger partial charge is 0.320 e. The van der Waals surface area contributed by atoms with Crippen LogP contribution in [-0.2, 0) is 24.1 Å². The number of fused-ring (bicyclic) bond motifs is 5. The van der Waals surface area contributed by atoms with Crippen LogP contribution in [0.3, 0.4) is 0 Å². The number of aryl methyl sites for hydroxylation is 2. The minimum atomic E-state index is -1.02. The van der Waals surface area contributed by atoms with Gasteiger partial charge in [0.05, 0.1) is 14.3 Å². The Labute approximate surface area is 299 Å². The number of nitrogens with two attached hydrogens (primary N) is 1. The average Bonchev–Trinajstić information content (AvgIpc) is 2.97. The minimum absolute atomic E-state index is 0.242. The first-order valence-electron chi connectivity index (χ1n) is 13.4. The lowest BCUT2D eigenvalue weighted by Crippen LogP contribution is -2.32. The highest BCUT2D eigenvalue weighted by Gasteiger charge is 2.17. The van der Waals surface area contributed by atoms with Crippen LogP contribution in [0.4, 0.5) is 0 Å². The van der Waals surface area contributed by atoms with E-state index in [1.54, 1.807) is 23.3 Å². The summed E-state index contributed by atoms with van der Waals surface area (Å²) in [5, 5.41) is 24.4. The third kappa shape index (κ3) is 7.26. The maximum absolute atomic E-state index is 10.9. The molecule has 0 aliphatic heterocycles. The SMILES string of the molecule is NC(Cc1cc(I)c(Oc2cc(I)c(O)c(I)c2)c(I)c1)C(=O)O.c1ccc2c(c1)ccc1c3c(ccc12)CCCC3.